The van der Waals surface area contributed by atoms with E-state index < -0.39 is 0 Å². The van der Waals surface area contributed by atoms with E-state index in [0.717, 1.165) is 22.4 Å². The smallest absolute Gasteiger partial charge is 0.157 e. The van der Waals surface area contributed by atoms with Crippen LogP contribution in [0.25, 0.3) is 10.9 Å². The molecule has 0 aliphatic heterocycles. The van der Waals surface area contributed by atoms with Crippen LogP contribution in [0.1, 0.15) is 13.8 Å². The largest absolute Gasteiger partial charge is 0.261 e. The summed E-state index contributed by atoms with van der Waals surface area (Å²) in [5.41, 5.74) is 4.80. The van der Waals surface area contributed by atoms with Gasteiger partial charge < -0.3 is 0 Å². The highest BCUT2D eigenvalue weighted by Gasteiger charge is 2.00. The molecule has 15 heavy (non-hydrogen) atoms. The minimum Gasteiger partial charge on any atom is -0.261 e. The fourth-order valence-corrected chi connectivity index (χ4v) is 1.26. The van der Waals surface area contributed by atoms with E-state index in [0.29, 0.717) is 0 Å². The number of fused-ring (bicyclic) bond motifs is 1. The number of rotatable bonds is 2. The predicted molar refractivity (Wildman–Crippen MR) is 61.9 cm³/mol. The summed E-state index contributed by atoms with van der Waals surface area (Å²) in [7, 11) is 0. The van der Waals surface area contributed by atoms with E-state index in [-0.39, 0.29) is 0 Å². The van der Waals surface area contributed by atoms with Crippen LogP contribution in [0.4, 0.5) is 5.82 Å². The lowest BCUT2D eigenvalue weighted by molar-refractivity contribution is 1.18. The van der Waals surface area contributed by atoms with Gasteiger partial charge in [-0.05, 0) is 26.0 Å². The number of aromatic nitrogens is 2. The number of benzene rings is 1. The van der Waals surface area contributed by atoms with Crippen molar-refractivity contribution in [2.24, 2.45) is 5.10 Å². The van der Waals surface area contributed by atoms with Gasteiger partial charge in [-0.1, -0.05) is 12.1 Å². The van der Waals surface area contributed by atoms with E-state index in [1.54, 1.807) is 0 Å². The Balaban J connectivity index is 2.47. The number of nitrogens with one attached hydrogen (secondary N) is 1. The lowest BCUT2D eigenvalue weighted by Crippen LogP contribution is -1.97. The quantitative estimate of drug-likeness (QED) is 0.598. The Labute approximate surface area is 88.1 Å². The van der Waals surface area contributed by atoms with Crippen LogP contribution in [0.5, 0.6) is 0 Å². The summed E-state index contributed by atoms with van der Waals surface area (Å²) in [6.07, 6.45) is 1.53. The van der Waals surface area contributed by atoms with Crippen molar-refractivity contribution in [3.8, 4) is 0 Å². The van der Waals surface area contributed by atoms with Crippen LogP contribution in [0.3, 0.4) is 0 Å². The van der Waals surface area contributed by atoms with Gasteiger partial charge in [0.25, 0.3) is 0 Å². The third-order valence-corrected chi connectivity index (χ3v) is 1.93. The molecule has 1 heterocycles. The Morgan fingerprint density at radius 3 is 2.80 bits per heavy atom. The molecule has 0 atom stereocenters. The first-order valence-corrected chi connectivity index (χ1v) is 4.74. The molecule has 0 aliphatic carbocycles. The van der Waals surface area contributed by atoms with Crippen molar-refractivity contribution >= 4 is 22.4 Å². The van der Waals surface area contributed by atoms with Crippen molar-refractivity contribution in [1.29, 1.82) is 0 Å². The summed E-state index contributed by atoms with van der Waals surface area (Å²) in [6, 6.07) is 7.83. The second-order valence-electron chi connectivity index (χ2n) is 3.41. The molecule has 1 aromatic carbocycles. The Morgan fingerprint density at radius 2 is 2.00 bits per heavy atom. The van der Waals surface area contributed by atoms with Gasteiger partial charge in [0.1, 0.15) is 6.33 Å². The van der Waals surface area contributed by atoms with Gasteiger partial charge in [-0.2, -0.15) is 5.10 Å². The van der Waals surface area contributed by atoms with E-state index in [9.17, 15) is 0 Å². The molecule has 4 heteroatoms. The van der Waals surface area contributed by atoms with Crippen molar-refractivity contribution in [3.63, 3.8) is 0 Å². The lowest BCUT2D eigenvalue weighted by Gasteiger charge is -2.03. The molecule has 0 amide bonds. The monoisotopic (exact) mass is 200 g/mol. The fraction of sp³-hybridized carbons (Fsp3) is 0.182. The molecule has 0 radical (unpaired) electrons. The van der Waals surface area contributed by atoms with Crippen LogP contribution in [-0.4, -0.2) is 15.7 Å². The number of para-hydroxylation sites is 1. The zero-order valence-electron chi connectivity index (χ0n) is 8.73. The summed E-state index contributed by atoms with van der Waals surface area (Å²) < 4.78 is 0. The maximum atomic E-state index is 4.17. The molecule has 76 valence electrons. The molecule has 0 aliphatic rings. The Kier molecular flexibility index (Phi) is 2.58. The SMILES string of the molecule is CC(C)=NNc1ncnc2ccccc12. The van der Waals surface area contributed by atoms with Crippen molar-refractivity contribution in [1.82, 2.24) is 9.97 Å². The van der Waals surface area contributed by atoms with Crippen molar-refractivity contribution in [2.75, 3.05) is 5.43 Å². The predicted octanol–water partition coefficient (Wildman–Crippen LogP) is 2.44. The highest BCUT2D eigenvalue weighted by Crippen LogP contribution is 2.17. The second-order valence-corrected chi connectivity index (χ2v) is 3.41. The van der Waals surface area contributed by atoms with Gasteiger partial charge in [0.15, 0.2) is 5.82 Å². The topological polar surface area (TPSA) is 50.2 Å². The van der Waals surface area contributed by atoms with Crippen LogP contribution < -0.4 is 5.43 Å². The molecule has 1 aromatic heterocycles. The van der Waals surface area contributed by atoms with Crippen LogP contribution in [0.15, 0.2) is 35.7 Å². The van der Waals surface area contributed by atoms with Gasteiger partial charge >= 0.3 is 0 Å². The zero-order valence-corrected chi connectivity index (χ0v) is 8.73. The van der Waals surface area contributed by atoms with Crippen molar-refractivity contribution < 1.29 is 0 Å². The second kappa shape index (κ2) is 4.04. The van der Waals surface area contributed by atoms with E-state index in [1.807, 2.05) is 38.1 Å². The number of hydrogen-bond donors (Lipinski definition) is 1. The first-order valence-electron chi connectivity index (χ1n) is 4.74. The van der Waals surface area contributed by atoms with Gasteiger partial charge in [-0.15, -0.1) is 0 Å². The molecule has 0 saturated heterocycles. The van der Waals surface area contributed by atoms with Crippen molar-refractivity contribution in [3.05, 3.63) is 30.6 Å². The highest BCUT2D eigenvalue weighted by atomic mass is 15.3. The molecule has 0 saturated carbocycles. The first-order chi connectivity index (χ1) is 7.27. The van der Waals surface area contributed by atoms with Gasteiger partial charge in [0, 0.05) is 11.1 Å². The van der Waals surface area contributed by atoms with Gasteiger partial charge in [-0.3, -0.25) is 5.43 Å². The Bertz CT molecular complexity index is 495. The minimum atomic E-state index is 0.738. The lowest BCUT2D eigenvalue weighted by atomic mass is 10.2. The molecule has 2 aromatic rings. The van der Waals surface area contributed by atoms with E-state index >= 15 is 0 Å². The molecule has 2 rings (SSSR count). The average molecular weight is 200 g/mol. The first kappa shape index (κ1) is 9.58. The Morgan fingerprint density at radius 1 is 1.20 bits per heavy atom. The molecule has 0 fully saturated rings. The third kappa shape index (κ3) is 2.10. The van der Waals surface area contributed by atoms with Crippen LogP contribution >= 0.6 is 0 Å². The van der Waals surface area contributed by atoms with E-state index in [4.69, 9.17) is 0 Å². The van der Waals surface area contributed by atoms with Crippen molar-refractivity contribution in [2.45, 2.75) is 13.8 Å². The summed E-state index contributed by atoms with van der Waals surface area (Å²) >= 11 is 0. The maximum Gasteiger partial charge on any atom is 0.157 e. The number of hydrogen-bond acceptors (Lipinski definition) is 4. The van der Waals surface area contributed by atoms with Gasteiger partial charge in [0.05, 0.1) is 5.52 Å². The third-order valence-electron chi connectivity index (χ3n) is 1.93. The summed E-state index contributed by atoms with van der Waals surface area (Å²) in [5.74, 6) is 0.738. The van der Waals surface area contributed by atoms with Crippen LogP contribution in [-0.2, 0) is 0 Å². The highest BCUT2D eigenvalue weighted by molar-refractivity contribution is 5.89. The normalized spacial score (nSPS) is 10.0. The fourth-order valence-electron chi connectivity index (χ4n) is 1.26. The summed E-state index contributed by atoms with van der Waals surface area (Å²) in [5, 5.41) is 5.10. The number of nitrogens with zero attached hydrogens (tertiary/aromatic N) is 3. The summed E-state index contributed by atoms with van der Waals surface area (Å²) in [6.45, 7) is 3.85. The summed E-state index contributed by atoms with van der Waals surface area (Å²) in [4.78, 5) is 8.32. The molecule has 4 nitrogen and oxygen atoms in total. The molecule has 0 bridgehead atoms. The average Bonchev–Trinajstić information content (AvgIpc) is 2.26. The minimum absolute atomic E-state index is 0.738. The zero-order chi connectivity index (χ0) is 10.7. The molecule has 1 N–H and O–H groups in total. The number of anilines is 1. The van der Waals surface area contributed by atoms with E-state index in [1.165, 1.54) is 6.33 Å². The van der Waals surface area contributed by atoms with Gasteiger partial charge in [-0.25, -0.2) is 9.97 Å². The molecular formula is C11H12N4. The standard InChI is InChI=1S/C11H12N4/c1-8(2)14-15-11-9-5-3-4-6-10(9)12-7-13-11/h3-7H,1-2H3,(H,12,13,15). The van der Waals surface area contributed by atoms with Gasteiger partial charge in [0.2, 0.25) is 0 Å². The number of hydrazone groups is 1. The molecule has 0 unspecified atom stereocenters. The molecular weight excluding hydrogens is 188 g/mol. The maximum absolute atomic E-state index is 4.17. The molecule has 0 spiro atoms. The van der Waals surface area contributed by atoms with Crippen LogP contribution in [0, 0.1) is 0 Å². The Hall–Kier alpha value is -1.97. The van der Waals surface area contributed by atoms with E-state index in [2.05, 4.69) is 20.5 Å². The van der Waals surface area contributed by atoms with Crippen LogP contribution in [0.2, 0.25) is 0 Å².